The van der Waals surface area contributed by atoms with E-state index in [0.29, 0.717) is 31.4 Å². The normalized spacial score (nSPS) is 11.8. The van der Waals surface area contributed by atoms with E-state index in [2.05, 4.69) is 4.99 Å². The average Bonchev–Trinajstić information content (AvgIpc) is 3.06. The molecule has 0 spiro atoms. The third-order valence-electron chi connectivity index (χ3n) is 4.35. The van der Waals surface area contributed by atoms with Gasteiger partial charge in [-0.1, -0.05) is 34.8 Å². The predicted octanol–water partition coefficient (Wildman–Crippen LogP) is 5.75. The molecule has 4 rings (SSSR count). The van der Waals surface area contributed by atoms with Crippen molar-refractivity contribution in [2.75, 3.05) is 0 Å². The van der Waals surface area contributed by atoms with Crippen LogP contribution in [0, 0.1) is 6.92 Å². The van der Waals surface area contributed by atoms with Crippen molar-refractivity contribution in [3.05, 3.63) is 98.1 Å². The summed E-state index contributed by atoms with van der Waals surface area (Å²) < 4.78 is 2.03. The number of halogens is 2. The van der Waals surface area contributed by atoms with E-state index in [9.17, 15) is 9.59 Å². The Labute approximate surface area is 180 Å². The molecule has 144 valence electrons. The molecule has 1 heterocycles. The lowest BCUT2D eigenvalue weighted by Gasteiger charge is -2.03. The highest BCUT2D eigenvalue weighted by molar-refractivity contribution is 7.06. The van der Waals surface area contributed by atoms with Crippen LogP contribution in [0.4, 0.5) is 0 Å². The third-order valence-corrected chi connectivity index (χ3v) is 5.88. The number of carbonyl (C=O) groups excluding carboxylic acids is 2. The second-order valence-electron chi connectivity index (χ2n) is 6.45. The highest BCUT2D eigenvalue weighted by Gasteiger charge is 2.16. The summed E-state index contributed by atoms with van der Waals surface area (Å²) in [6.07, 6.45) is 0. The van der Waals surface area contributed by atoms with Crippen molar-refractivity contribution >= 4 is 57.5 Å². The number of rotatable bonds is 2. The Morgan fingerprint density at radius 1 is 0.862 bits per heavy atom. The maximum absolute atomic E-state index is 13.1. The molecule has 0 unspecified atom stereocenters. The molecule has 0 N–H and O–H groups in total. The van der Waals surface area contributed by atoms with Gasteiger partial charge in [-0.2, -0.15) is 4.99 Å². The van der Waals surface area contributed by atoms with Gasteiger partial charge in [-0.05, 0) is 79.1 Å². The molecule has 4 aromatic rings. The molecule has 0 aliphatic carbocycles. The largest absolute Gasteiger partial charge is 0.278 e. The van der Waals surface area contributed by atoms with Crippen molar-refractivity contribution in [1.82, 2.24) is 3.96 Å². The van der Waals surface area contributed by atoms with Crippen molar-refractivity contribution in [3.63, 3.8) is 0 Å². The number of hydrogen-bond donors (Lipinski definition) is 0. The second kappa shape index (κ2) is 7.95. The fraction of sp³-hybridized carbons (Fsp3) is 0.0455. The number of aromatic nitrogens is 1. The van der Waals surface area contributed by atoms with Gasteiger partial charge >= 0.3 is 0 Å². The van der Waals surface area contributed by atoms with Crippen LogP contribution in [-0.2, 0) is 0 Å². The van der Waals surface area contributed by atoms with Crippen LogP contribution in [0.25, 0.3) is 10.9 Å². The lowest BCUT2D eigenvalue weighted by Crippen LogP contribution is -2.09. The average molecular weight is 441 g/mol. The van der Waals surface area contributed by atoms with Gasteiger partial charge in [-0.15, -0.1) is 0 Å². The van der Waals surface area contributed by atoms with Crippen molar-refractivity contribution in [3.8, 4) is 0 Å². The SMILES string of the molecule is Cc1ccc2c(c1)c(=NC(=O)c1ccc(Cl)cc1)sn2C(=O)c1ccc(Cl)cc1. The second-order valence-corrected chi connectivity index (χ2v) is 8.25. The molecule has 0 aliphatic rings. The molecule has 1 amide bonds. The zero-order valence-corrected chi connectivity index (χ0v) is 17.6. The summed E-state index contributed by atoms with van der Waals surface area (Å²) in [5.41, 5.74) is 2.64. The lowest BCUT2D eigenvalue weighted by atomic mass is 10.1. The summed E-state index contributed by atoms with van der Waals surface area (Å²) >= 11 is 13.0. The zero-order valence-electron chi connectivity index (χ0n) is 15.2. The number of amides is 1. The van der Waals surface area contributed by atoms with Crippen molar-refractivity contribution in [2.24, 2.45) is 4.99 Å². The molecule has 0 saturated carbocycles. The molecular weight excluding hydrogens is 427 g/mol. The number of benzene rings is 3. The first kappa shape index (κ1) is 19.6. The first-order chi connectivity index (χ1) is 13.9. The maximum atomic E-state index is 13.1. The summed E-state index contributed by atoms with van der Waals surface area (Å²) in [6, 6.07) is 18.9. The Bertz CT molecular complexity index is 1300. The van der Waals surface area contributed by atoms with E-state index in [0.717, 1.165) is 22.5 Å². The van der Waals surface area contributed by atoms with E-state index in [1.54, 1.807) is 52.5 Å². The van der Waals surface area contributed by atoms with Crippen molar-refractivity contribution in [1.29, 1.82) is 0 Å². The molecule has 0 saturated heterocycles. The minimum absolute atomic E-state index is 0.207. The van der Waals surface area contributed by atoms with Gasteiger partial charge in [0.15, 0.2) is 0 Å². The molecule has 0 fully saturated rings. The summed E-state index contributed by atoms with van der Waals surface area (Å²) in [4.78, 5) is 30.0. The monoisotopic (exact) mass is 440 g/mol. The Morgan fingerprint density at radius 2 is 1.45 bits per heavy atom. The van der Waals surface area contributed by atoms with Crippen LogP contribution in [-0.4, -0.2) is 15.8 Å². The van der Waals surface area contributed by atoms with E-state index in [-0.39, 0.29) is 5.91 Å². The first-order valence-electron chi connectivity index (χ1n) is 8.70. The van der Waals surface area contributed by atoms with Gasteiger partial charge in [0.2, 0.25) is 0 Å². The minimum Gasteiger partial charge on any atom is -0.267 e. The number of hydrogen-bond acceptors (Lipinski definition) is 3. The smallest absolute Gasteiger partial charge is 0.267 e. The lowest BCUT2D eigenvalue weighted by molar-refractivity contribution is 0.0972. The van der Waals surface area contributed by atoms with E-state index < -0.39 is 5.91 Å². The number of fused-ring (bicyclic) bond motifs is 1. The molecule has 0 bridgehead atoms. The molecular formula is C22H14Cl2N2O2S. The van der Waals surface area contributed by atoms with Crippen molar-refractivity contribution in [2.45, 2.75) is 6.92 Å². The number of carbonyl (C=O) groups is 2. The standard InChI is InChI=1S/C22H14Cl2N2O2S/c1-13-2-11-19-18(12-13)21(25-20(27)14-3-7-16(23)8-4-14)29-26(19)22(28)15-5-9-17(24)10-6-15/h2-12H,1H3. The quantitative estimate of drug-likeness (QED) is 0.398. The summed E-state index contributed by atoms with van der Waals surface area (Å²) in [5, 5.41) is 1.85. The molecule has 0 aliphatic heterocycles. The molecule has 1 aromatic heterocycles. The summed E-state index contributed by atoms with van der Waals surface area (Å²) in [5.74, 6) is -0.599. The van der Waals surface area contributed by atoms with Gasteiger partial charge in [0.1, 0.15) is 4.67 Å². The van der Waals surface area contributed by atoms with E-state index >= 15 is 0 Å². The van der Waals surface area contributed by atoms with Crippen LogP contribution in [0.2, 0.25) is 10.0 Å². The fourth-order valence-corrected chi connectivity index (χ4v) is 4.13. The van der Waals surface area contributed by atoms with Gasteiger partial charge in [0.05, 0.1) is 5.52 Å². The van der Waals surface area contributed by atoms with Gasteiger partial charge in [0.25, 0.3) is 11.8 Å². The first-order valence-corrected chi connectivity index (χ1v) is 10.2. The van der Waals surface area contributed by atoms with Gasteiger partial charge in [-0.25, -0.2) is 3.96 Å². The number of nitrogens with zero attached hydrogens (tertiary/aromatic N) is 2. The Morgan fingerprint density at radius 3 is 2.07 bits per heavy atom. The van der Waals surface area contributed by atoms with Gasteiger partial charge < -0.3 is 0 Å². The zero-order chi connectivity index (χ0) is 20.5. The van der Waals surface area contributed by atoms with E-state index in [1.165, 1.54) is 0 Å². The molecule has 4 nitrogen and oxygen atoms in total. The Kier molecular flexibility index (Phi) is 5.37. The Balaban J connectivity index is 1.85. The van der Waals surface area contributed by atoms with Crippen LogP contribution in [0.5, 0.6) is 0 Å². The van der Waals surface area contributed by atoms with Crippen LogP contribution in [0.3, 0.4) is 0 Å². The highest BCUT2D eigenvalue weighted by Crippen LogP contribution is 2.20. The van der Waals surface area contributed by atoms with E-state index in [1.807, 2.05) is 25.1 Å². The number of aryl methyl sites for hydroxylation is 1. The molecule has 7 heteroatoms. The topological polar surface area (TPSA) is 51.4 Å². The molecule has 3 aromatic carbocycles. The molecule has 0 radical (unpaired) electrons. The van der Waals surface area contributed by atoms with Crippen molar-refractivity contribution < 1.29 is 9.59 Å². The van der Waals surface area contributed by atoms with Gasteiger partial charge in [-0.3, -0.25) is 9.59 Å². The summed E-state index contributed by atoms with van der Waals surface area (Å²) in [6.45, 7) is 1.95. The fourth-order valence-electron chi connectivity index (χ4n) is 2.87. The predicted molar refractivity (Wildman–Crippen MR) is 117 cm³/mol. The van der Waals surface area contributed by atoms with Crippen LogP contribution in [0.15, 0.2) is 71.7 Å². The van der Waals surface area contributed by atoms with E-state index in [4.69, 9.17) is 23.2 Å². The highest BCUT2D eigenvalue weighted by atomic mass is 35.5. The third kappa shape index (κ3) is 4.03. The molecule has 0 atom stereocenters. The maximum Gasteiger partial charge on any atom is 0.278 e. The van der Waals surface area contributed by atoms with Crippen LogP contribution >= 0.6 is 34.7 Å². The Hall–Kier alpha value is -2.73. The molecule has 29 heavy (non-hydrogen) atoms. The minimum atomic E-state index is -0.391. The van der Waals surface area contributed by atoms with Crippen LogP contribution in [0.1, 0.15) is 26.3 Å². The van der Waals surface area contributed by atoms with Crippen LogP contribution < -0.4 is 4.67 Å². The van der Waals surface area contributed by atoms with Gasteiger partial charge in [0, 0.05) is 26.6 Å². The summed E-state index contributed by atoms with van der Waals surface area (Å²) in [7, 11) is 0.